The zero-order chi connectivity index (χ0) is 28.9. The van der Waals surface area contributed by atoms with Crippen molar-refractivity contribution in [3.63, 3.8) is 0 Å². The Hall–Kier alpha value is -5.54. The van der Waals surface area contributed by atoms with Crippen molar-refractivity contribution >= 4 is 49.9 Å². The first kappa shape index (κ1) is 25.2. The maximum Gasteiger partial charge on any atom is 0.0804 e. The fraction of sp³-hybridized carbons (Fsp3) is 0.0500. The number of rotatable bonds is 5. The van der Waals surface area contributed by atoms with Gasteiger partial charge in [-0.25, -0.2) is 0 Å². The Morgan fingerprint density at radius 2 is 0.837 bits per heavy atom. The standard InChI is InChI=1S/C40H31N3/c1-28-17-21-32(22-18-28)41(33-23-19-29(2)20-24-33)34-25-26-38-36(27-34)40-39(43(38)31-13-7-4-8-14-31)35-15-9-10-16-37(35)42(40)30-11-5-3-6-12-30/h3-27H,1-2H3. The molecule has 3 nitrogen and oxygen atoms in total. The summed E-state index contributed by atoms with van der Waals surface area (Å²) in [4.78, 5) is 2.36. The Balaban J connectivity index is 1.50. The first-order valence-corrected chi connectivity index (χ1v) is 14.8. The molecule has 0 aliphatic heterocycles. The number of anilines is 3. The molecule has 0 N–H and O–H groups in total. The lowest BCUT2D eigenvalue weighted by Gasteiger charge is -2.26. The van der Waals surface area contributed by atoms with Crippen LogP contribution in [-0.4, -0.2) is 9.13 Å². The minimum Gasteiger partial charge on any atom is -0.310 e. The van der Waals surface area contributed by atoms with Gasteiger partial charge in [-0.1, -0.05) is 90.0 Å². The van der Waals surface area contributed by atoms with Crippen LogP contribution >= 0.6 is 0 Å². The van der Waals surface area contributed by atoms with E-state index in [2.05, 4.69) is 180 Å². The highest BCUT2D eigenvalue weighted by molar-refractivity contribution is 6.20. The molecule has 0 unspecified atom stereocenters. The van der Waals surface area contributed by atoms with Crippen molar-refractivity contribution in [3.8, 4) is 11.4 Å². The maximum absolute atomic E-state index is 2.43. The molecule has 8 aromatic rings. The zero-order valence-corrected chi connectivity index (χ0v) is 24.3. The van der Waals surface area contributed by atoms with Crippen molar-refractivity contribution < 1.29 is 0 Å². The zero-order valence-electron chi connectivity index (χ0n) is 24.3. The van der Waals surface area contributed by atoms with Crippen molar-refractivity contribution in [1.29, 1.82) is 0 Å². The normalized spacial score (nSPS) is 11.5. The van der Waals surface area contributed by atoms with Gasteiger partial charge in [-0.05, 0) is 86.6 Å². The number of hydrogen-bond acceptors (Lipinski definition) is 1. The molecule has 0 aliphatic rings. The largest absolute Gasteiger partial charge is 0.310 e. The number of fused-ring (bicyclic) bond motifs is 5. The Bertz CT molecular complexity index is 2140. The Labute approximate surface area is 251 Å². The van der Waals surface area contributed by atoms with Crippen LogP contribution in [0.25, 0.3) is 44.2 Å². The van der Waals surface area contributed by atoms with E-state index in [1.807, 2.05) is 0 Å². The van der Waals surface area contributed by atoms with Gasteiger partial charge in [0.25, 0.3) is 0 Å². The van der Waals surface area contributed by atoms with Gasteiger partial charge in [0, 0.05) is 39.2 Å². The Morgan fingerprint density at radius 1 is 0.395 bits per heavy atom. The van der Waals surface area contributed by atoms with E-state index in [9.17, 15) is 0 Å². The van der Waals surface area contributed by atoms with Gasteiger partial charge >= 0.3 is 0 Å². The summed E-state index contributed by atoms with van der Waals surface area (Å²) in [7, 11) is 0. The minimum absolute atomic E-state index is 1.12. The highest BCUT2D eigenvalue weighted by Gasteiger charge is 2.23. The molecule has 6 aromatic carbocycles. The van der Waals surface area contributed by atoms with Crippen LogP contribution in [0.3, 0.4) is 0 Å². The molecule has 0 amide bonds. The SMILES string of the molecule is Cc1ccc(N(c2ccc(C)cc2)c2ccc3c(c2)c2c(c4ccccc4n2-c2ccccc2)n3-c2ccccc2)cc1. The van der Waals surface area contributed by atoms with E-state index >= 15 is 0 Å². The van der Waals surface area contributed by atoms with Crippen LogP contribution in [-0.2, 0) is 0 Å². The number of aryl methyl sites for hydroxylation is 2. The fourth-order valence-electron chi connectivity index (χ4n) is 6.39. The van der Waals surface area contributed by atoms with E-state index in [-0.39, 0.29) is 0 Å². The molecule has 2 aromatic heterocycles. The van der Waals surface area contributed by atoms with Crippen molar-refractivity contribution in [3.05, 3.63) is 163 Å². The van der Waals surface area contributed by atoms with E-state index in [1.165, 1.54) is 44.0 Å². The van der Waals surface area contributed by atoms with Crippen LogP contribution in [0.4, 0.5) is 17.1 Å². The van der Waals surface area contributed by atoms with E-state index in [4.69, 9.17) is 0 Å². The van der Waals surface area contributed by atoms with Gasteiger partial charge in [-0.3, -0.25) is 0 Å². The van der Waals surface area contributed by atoms with Crippen LogP contribution in [0.1, 0.15) is 11.1 Å². The highest BCUT2D eigenvalue weighted by atomic mass is 15.1. The quantitative estimate of drug-likeness (QED) is 0.207. The molecule has 0 fully saturated rings. The Morgan fingerprint density at radius 3 is 1.40 bits per heavy atom. The summed E-state index contributed by atoms with van der Waals surface area (Å²) in [5.74, 6) is 0. The molecule has 0 saturated carbocycles. The molecule has 0 bridgehead atoms. The van der Waals surface area contributed by atoms with Gasteiger partial charge < -0.3 is 14.0 Å². The van der Waals surface area contributed by atoms with Gasteiger partial charge in [0.1, 0.15) is 0 Å². The van der Waals surface area contributed by atoms with Gasteiger partial charge in [-0.2, -0.15) is 0 Å². The fourth-order valence-corrected chi connectivity index (χ4v) is 6.39. The summed E-state index contributed by atoms with van der Waals surface area (Å²) in [5, 5.41) is 2.44. The van der Waals surface area contributed by atoms with Gasteiger partial charge in [0.2, 0.25) is 0 Å². The highest BCUT2D eigenvalue weighted by Crippen LogP contribution is 2.43. The van der Waals surface area contributed by atoms with E-state index in [0.29, 0.717) is 0 Å². The average molecular weight is 554 g/mol. The molecule has 43 heavy (non-hydrogen) atoms. The van der Waals surface area contributed by atoms with E-state index in [0.717, 1.165) is 28.4 Å². The van der Waals surface area contributed by atoms with E-state index < -0.39 is 0 Å². The molecule has 0 atom stereocenters. The number of hydrogen-bond donors (Lipinski definition) is 0. The molecular formula is C40H31N3. The molecule has 0 radical (unpaired) electrons. The third kappa shape index (κ3) is 4.12. The molecule has 2 heterocycles. The third-order valence-electron chi connectivity index (χ3n) is 8.42. The summed E-state index contributed by atoms with van der Waals surface area (Å²) >= 11 is 0. The summed E-state index contributed by atoms with van der Waals surface area (Å²) < 4.78 is 4.86. The number of benzene rings is 6. The molecular weight excluding hydrogens is 522 g/mol. The van der Waals surface area contributed by atoms with Crippen LogP contribution < -0.4 is 4.90 Å². The molecule has 206 valence electrons. The first-order chi connectivity index (χ1) is 21.2. The smallest absolute Gasteiger partial charge is 0.0804 e. The minimum atomic E-state index is 1.12. The number of para-hydroxylation sites is 3. The second kappa shape index (κ2) is 10.1. The topological polar surface area (TPSA) is 13.1 Å². The number of aromatic nitrogens is 2. The predicted octanol–water partition coefficient (Wildman–Crippen LogP) is 10.8. The summed E-state index contributed by atoms with van der Waals surface area (Å²) in [6.45, 7) is 4.27. The van der Waals surface area contributed by atoms with Crippen LogP contribution in [0.5, 0.6) is 0 Å². The summed E-state index contributed by atoms with van der Waals surface area (Å²) in [6.07, 6.45) is 0. The lowest BCUT2D eigenvalue weighted by Crippen LogP contribution is -2.10. The van der Waals surface area contributed by atoms with Crippen LogP contribution in [0, 0.1) is 13.8 Å². The lowest BCUT2D eigenvalue weighted by molar-refractivity contribution is 1.17. The molecule has 3 heteroatoms. The lowest BCUT2D eigenvalue weighted by atomic mass is 10.1. The number of nitrogens with zero attached hydrogens (tertiary/aromatic N) is 3. The van der Waals surface area contributed by atoms with Crippen LogP contribution in [0.2, 0.25) is 0 Å². The van der Waals surface area contributed by atoms with Crippen molar-refractivity contribution in [2.24, 2.45) is 0 Å². The second-order valence-corrected chi connectivity index (χ2v) is 11.3. The molecule has 0 aliphatic carbocycles. The van der Waals surface area contributed by atoms with Gasteiger partial charge in [0.15, 0.2) is 0 Å². The summed E-state index contributed by atoms with van der Waals surface area (Å²) in [6, 6.07) is 54.7. The van der Waals surface area contributed by atoms with Crippen molar-refractivity contribution in [2.75, 3.05) is 4.90 Å². The summed E-state index contributed by atoms with van der Waals surface area (Å²) in [5.41, 5.74) is 13.0. The Kier molecular flexibility index (Phi) is 5.90. The predicted molar refractivity (Wildman–Crippen MR) is 182 cm³/mol. The average Bonchev–Trinajstić information content (AvgIpc) is 3.56. The molecule has 8 rings (SSSR count). The van der Waals surface area contributed by atoms with Crippen molar-refractivity contribution in [1.82, 2.24) is 9.13 Å². The first-order valence-electron chi connectivity index (χ1n) is 14.8. The van der Waals surface area contributed by atoms with E-state index in [1.54, 1.807) is 0 Å². The van der Waals surface area contributed by atoms with Crippen molar-refractivity contribution in [2.45, 2.75) is 13.8 Å². The third-order valence-corrected chi connectivity index (χ3v) is 8.42. The monoisotopic (exact) mass is 553 g/mol. The molecule has 0 saturated heterocycles. The maximum atomic E-state index is 2.43. The van der Waals surface area contributed by atoms with Crippen LogP contribution in [0.15, 0.2) is 152 Å². The second-order valence-electron chi connectivity index (χ2n) is 11.3. The van der Waals surface area contributed by atoms with Gasteiger partial charge in [-0.15, -0.1) is 0 Å². The molecule has 0 spiro atoms. The van der Waals surface area contributed by atoms with Gasteiger partial charge in [0.05, 0.1) is 22.1 Å².